The van der Waals surface area contributed by atoms with Gasteiger partial charge in [-0.1, -0.05) is 0 Å². The number of hydrogen-bond donors (Lipinski definition) is 3. The summed E-state index contributed by atoms with van der Waals surface area (Å²) in [6.07, 6.45) is 0. The Bertz CT molecular complexity index is 165. The number of rotatable bonds is 14. The van der Waals surface area contributed by atoms with E-state index in [1.54, 1.807) is 7.11 Å². The third kappa shape index (κ3) is 13.7. The molecule has 0 aliphatic carbocycles. The predicted molar refractivity (Wildman–Crippen MR) is 67.4 cm³/mol. The molecule has 0 radical (unpaired) electrons. The molecule has 3 N–H and O–H groups in total. The molecule has 8 heteroatoms. The Labute approximate surface area is 109 Å². The van der Waals surface area contributed by atoms with Crippen molar-refractivity contribution in [1.29, 1.82) is 0 Å². The van der Waals surface area contributed by atoms with Crippen molar-refractivity contribution in [3.05, 3.63) is 0 Å². The van der Waals surface area contributed by atoms with Gasteiger partial charge in [0.15, 0.2) is 0 Å². The minimum absolute atomic E-state index is 0.440. The summed E-state index contributed by atoms with van der Waals surface area (Å²) < 4.78 is 20.6. The van der Waals surface area contributed by atoms with Gasteiger partial charge in [-0.05, 0) is 14.1 Å². The third-order valence-electron chi connectivity index (χ3n) is 1.73. The predicted octanol–water partition coefficient (Wildman–Crippen LogP) is -1.28. The third-order valence-corrected chi connectivity index (χ3v) is 1.73. The van der Waals surface area contributed by atoms with Gasteiger partial charge in [-0.25, -0.2) is 0 Å². The van der Waals surface area contributed by atoms with Crippen molar-refractivity contribution in [2.45, 2.75) is 0 Å². The van der Waals surface area contributed by atoms with Gasteiger partial charge < -0.3 is 18.9 Å². The summed E-state index contributed by atoms with van der Waals surface area (Å²) in [5.74, 6) is 0. The van der Waals surface area contributed by atoms with Crippen LogP contribution in [0.5, 0.6) is 0 Å². The molecule has 0 spiro atoms. The number of ether oxygens (including phenoxy) is 4. The highest BCUT2D eigenvalue weighted by Gasteiger charge is 1.97. The highest BCUT2D eigenvalue weighted by atomic mass is 16.5. The Morgan fingerprint density at radius 1 is 0.833 bits per heavy atom. The van der Waals surface area contributed by atoms with Crippen LogP contribution in [0.3, 0.4) is 0 Å². The lowest BCUT2D eigenvalue weighted by Gasteiger charge is -2.17. The van der Waals surface area contributed by atoms with E-state index in [1.807, 2.05) is 19.0 Å². The molecule has 110 valence electrons. The maximum atomic E-state index is 5.34. The number of methoxy groups -OCH3 is 1. The Kier molecular flexibility index (Phi) is 14.5. The molecule has 0 aromatic carbocycles. The van der Waals surface area contributed by atoms with Gasteiger partial charge in [-0.2, -0.15) is 0 Å². The fourth-order valence-electron chi connectivity index (χ4n) is 0.995. The van der Waals surface area contributed by atoms with Crippen LogP contribution in [-0.2, 0) is 18.9 Å². The van der Waals surface area contributed by atoms with Gasteiger partial charge >= 0.3 is 0 Å². The van der Waals surface area contributed by atoms with Crippen LogP contribution in [0.2, 0.25) is 0 Å². The number of hydrogen-bond acceptors (Lipinski definition) is 8. The molecule has 0 bridgehead atoms. The van der Waals surface area contributed by atoms with E-state index in [2.05, 4.69) is 16.0 Å². The Balaban J connectivity index is 3.09. The summed E-state index contributed by atoms with van der Waals surface area (Å²) in [6, 6.07) is 0. The van der Waals surface area contributed by atoms with Gasteiger partial charge in [0, 0.05) is 7.11 Å². The van der Waals surface area contributed by atoms with E-state index in [9.17, 15) is 0 Å². The smallest absolute Gasteiger partial charge is 0.102 e. The highest BCUT2D eigenvalue weighted by molar-refractivity contribution is 4.34. The van der Waals surface area contributed by atoms with Crippen molar-refractivity contribution >= 4 is 0 Å². The van der Waals surface area contributed by atoms with E-state index >= 15 is 0 Å². The molecule has 0 heterocycles. The number of nitrogens with zero attached hydrogens (tertiary/aromatic N) is 1. The van der Waals surface area contributed by atoms with Crippen LogP contribution >= 0.6 is 0 Å². The summed E-state index contributed by atoms with van der Waals surface area (Å²) in [6.45, 7) is 3.34. The van der Waals surface area contributed by atoms with Gasteiger partial charge in [0.1, 0.15) is 26.9 Å². The summed E-state index contributed by atoms with van der Waals surface area (Å²) >= 11 is 0. The first-order valence-corrected chi connectivity index (χ1v) is 5.78. The zero-order valence-corrected chi connectivity index (χ0v) is 11.5. The van der Waals surface area contributed by atoms with Crippen molar-refractivity contribution in [1.82, 2.24) is 20.9 Å². The molecule has 0 aromatic rings. The minimum Gasteiger partial charge on any atom is -0.369 e. The molecule has 0 amide bonds. The van der Waals surface area contributed by atoms with Crippen molar-refractivity contribution in [3.8, 4) is 0 Å². The SMILES string of the molecule is CNCOCNCOCN(C)COCNCOC. The van der Waals surface area contributed by atoms with Gasteiger partial charge in [0.25, 0.3) is 0 Å². The highest BCUT2D eigenvalue weighted by Crippen LogP contribution is 1.84. The molecule has 8 nitrogen and oxygen atoms in total. The molecule has 0 saturated carbocycles. The van der Waals surface area contributed by atoms with E-state index in [4.69, 9.17) is 18.9 Å². The van der Waals surface area contributed by atoms with E-state index in [-0.39, 0.29) is 0 Å². The average molecular weight is 266 g/mol. The molecule has 0 unspecified atom stereocenters. The fourth-order valence-corrected chi connectivity index (χ4v) is 0.995. The largest absolute Gasteiger partial charge is 0.369 e. The van der Waals surface area contributed by atoms with Crippen LogP contribution < -0.4 is 16.0 Å². The van der Waals surface area contributed by atoms with E-state index in [1.165, 1.54) is 0 Å². The van der Waals surface area contributed by atoms with Crippen LogP contribution in [0.1, 0.15) is 0 Å². The van der Waals surface area contributed by atoms with Crippen molar-refractivity contribution in [3.63, 3.8) is 0 Å². The molecule has 0 saturated heterocycles. The quantitative estimate of drug-likeness (QED) is 0.265. The second-order valence-electron chi connectivity index (χ2n) is 3.59. The first kappa shape index (κ1) is 17.7. The molecule has 0 aromatic heterocycles. The molecule has 0 aliphatic heterocycles. The van der Waals surface area contributed by atoms with Gasteiger partial charge in [0.2, 0.25) is 0 Å². The average Bonchev–Trinajstić information content (AvgIpc) is 2.37. The molecule has 0 aliphatic rings. The monoisotopic (exact) mass is 266 g/mol. The molecule has 18 heavy (non-hydrogen) atoms. The first-order valence-electron chi connectivity index (χ1n) is 5.78. The van der Waals surface area contributed by atoms with Crippen LogP contribution in [0.25, 0.3) is 0 Å². The van der Waals surface area contributed by atoms with Gasteiger partial charge in [-0.15, -0.1) is 0 Å². The molecular formula is C10H26N4O4. The topological polar surface area (TPSA) is 76.2 Å². The lowest BCUT2D eigenvalue weighted by molar-refractivity contribution is -0.0483. The second-order valence-corrected chi connectivity index (χ2v) is 3.59. The Hall–Kier alpha value is -0.320. The summed E-state index contributed by atoms with van der Waals surface area (Å²) in [5, 5.41) is 8.79. The van der Waals surface area contributed by atoms with Gasteiger partial charge in [-0.3, -0.25) is 20.9 Å². The molecular weight excluding hydrogens is 240 g/mol. The van der Waals surface area contributed by atoms with E-state index < -0.39 is 0 Å². The standard InChI is InChI=1S/C10H26N4O4/c1-11-4-16-6-13-8-18-10-14(2)9-17-7-12-5-15-3/h11-13H,4-10H2,1-3H3. The zero-order chi connectivity index (χ0) is 13.5. The second kappa shape index (κ2) is 14.7. The van der Waals surface area contributed by atoms with E-state index in [0.717, 1.165) is 0 Å². The van der Waals surface area contributed by atoms with Crippen molar-refractivity contribution in [2.75, 3.05) is 68.3 Å². The Morgan fingerprint density at radius 2 is 1.39 bits per heavy atom. The Morgan fingerprint density at radius 3 is 1.94 bits per heavy atom. The van der Waals surface area contributed by atoms with Crippen LogP contribution in [0, 0.1) is 0 Å². The summed E-state index contributed by atoms with van der Waals surface area (Å²) in [7, 11) is 5.36. The summed E-state index contributed by atoms with van der Waals surface area (Å²) in [5.41, 5.74) is 0. The lowest BCUT2D eigenvalue weighted by atomic mass is 10.9. The molecule has 0 fully saturated rings. The normalized spacial score (nSPS) is 11.3. The van der Waals surface area contributed by atoms with Crippen molar-refractivity contribution in [2.24, 2.45) is 0 Å². The molecule has 0 rings (SSSR count). The minimum atomic E-state index is 0.440. The number of nitrogens with one attached hydrogen (secondary N) is 3. The van der Waals surface area contributed by atoms with Crippen LogP contribution in [-0.4, -0.2) is 73.2 Å². The van der Waals surface area contributed by atoms with Gasteiger partial charge in [0.05, 0.1) is 20.2 Å². The van der Waals surface area contributed by atoms with Crippen molar-refractivity contribution < 1.29 is 18.9 Å². The summed E-state index contributed by atoms with van der Waals surface area (Å²) in [4.78, 5) is 1.91. The maximum absolute atomic E-state index is 5.34. The maximum Gasteiger partial charge on any atom is 0.102 e. The first-order chi connectivity index (χ1) is 8.81. The zero-order valence-electron chi connectivity index (χ0n) is 11.5. The lowest BCUT2D eigenvalue weighted by Crippen LogP contribution is -2.31. The van der Waals surface area contributed by atoms with Crippen LogP contribution in [0.4, 0.5) is 0 Å². The van der Waals surface area contributed by atoms with Crippen LogP contribution in [0.15, 0.2) is 0 Å². The molecule has 0 atom stereocenters. The van der Waals surface area contributed by atoms with E-state index in [0.29, 0.717) is 47.1 Å². The fraction of sp³-hybridized carbons (Fsp3) is 1.00.